The molecule has 0 saturated carbocycles. The minimum Gasteiger partial charge on any atom is -0.460 e. The van der Waals surface area contributed by atoms with E-state index in [2.05, 4.69) is 19.2 Å². The first-order valence-corrected chi connectivity index (χ1v) is 12.1. The van der Waals surface area contributed by atoms with Gasteiger partial charge >= 0.3 is 5.97 Å². The molecule has 6 rings (SSSR count). The summed E-state index contributed by atoms with van der Waals surface area (Å²) in [6.45, 7) is 8.44. The Morgan fingerprint density at radius 1 is 1.24 bits per heavy atom. The van der Waals surface area contributed by atoms with Crippen LogP contribution in [0.2, 0.25) is 0 Å². The minimum absolute atomic E-state index is 0.00840. The summed E-state index contributed by atoms with van der Waals surface area (Å²) in [5, 5.41) is 4.72. The predicted octanol–water partition coefficient (Wildman–Crippen LogP) is 4.41. The molecule has 4 heterocycles. The highest BCUT2D eigenvalue weighted by Gasteiger charge is 2.37. The number of fused-ring (bicyclic) bond motifs is 5. The fourth-order valence-corrected chi connectivity index (χ4v) is 6.15. The molecule has 1 aromatic carbocycles. The van der Waals surface area contributed by atoms with Crippen molar-refractivity contribution in [2.75, 3.05) is 0 Å². The van der Waals surface area contributed by atoms with Gasteiger partial charge in [-0.1, -0.05) is 20.8 Å². The molecule has 3 aromatic rings. The van der Waals surface area contributed by atoms with Gasteiger partial charge in [0.05, 0.1) is 34.9 Å². The van der Waals surface area contributed by atoms with Crippen LogP contribution >= 0.6 is 0 Å². The van der Waals surface area contributed by atoms with Crippen molar-refractivity contribution in [3.8, 4) is 11.4 Å². The summed E-state index contributed by atoms with van der Waals surface area (Å²) in [6, 6.07) is 3.85. The molecule has 34 heavy (non-hydrogen) atoms. The van der Waals surface area contributed by atoms with Gasteiger partial charge in [-0.3, -0.25) is 9.59 Å². The van der Waals surface area contributed by atoms with Gasteiger partial charge in [-0.05, 0) is 54.5 Å². The third-order valence-electron chi connectivity index (χ3n) is 7.73. The van der Waals surface area contributed by atoms with Gasteiger partial charge < -0.3 is 14.6 Å². The van der Waals surface area contributed by atoms with Gasteiger partial charge in [0.1, 0.15) is 12.4 Å². The summed E-state index contributed by atoms with van der Waals surface area (Å²) in [4.78, 5) is 30.9. The molecule has 2 atom stereocenters. The number of cyclic esters (lactones) is 1. The summed E-state index contributed by atoms with van der Waals surface area (Å²) in [7, 11) is 0. The largest absolute Gasteiger partial charge is 0.460 e. The van der Waals surface area contributed by atoms with Crippen LogP contribution < -0.4 is 10.9 Å². The molecule has 2 unspecified atom stereocenters. The first-order chi connectivity index (χ1) is 16.3. The van der Waals surface area contributed by atoms with E-state index in [1.165, 1.54) is 6.07 Å². The number of rotatable bonds is 3. The average Bonchev–Trinajstić information content (AvgIpc) is 3.16. The molecule has 0 amide bonds. The van der Waals surface area contributed by atoms with Crippen LogP contribution in [0.5, 0.6) is 0 Å². The highest BCUT2D eigenvalue weighted by atomic mass is 19.1. The molecule has 0 fully saturated rings. The summed E-state index contributed by atoms with van der Waals surface area (Å²) >= 11 is 0. The number of carbonyl (C=O) groups is 1. The number of hydrogen-bond acceptors (Lipinski definition) is 5. The Morgan fingerprint density at radius 3 is 2.76 bits per heavy atom. The first-order valence-electron chi connectivity index (χ1n) is 12.1. The van der Waals surface area contributed by atoms with Crippen molar-refractivity contribution in [1.82, 2.24) is 14.9 Å². The summed E-state index contributed by atoms with van der Waals surface area (Å²) < 4.78 is 22.0. The van der Waals surface area contributed by atoms with E-state index in [0.717, 1.165) is 46.2 Å². The van der Waals surface area contributed by atoms with E-state index in [1.54, 1.807) is 4.57 Å². The summed E-state index contributed by atoms with van der Waals surface area (Å²) in [6.07, 6.45) is 2.21. The lowest BCUT2D eigenvalue weighted by Crippen LogP contribution is -2.33. The van der Waals surface area contributed by atoms with E-state index in [4.69, 9.17) is 9.72 Å². The molecule has 0 radical (unpaired) electrons. The lowest BCUT2D eigenvalue weighted by atomic mass is 9.81. The van der Waals surface area contributed by atoms with E-state index in [-0.39, 0.29) is 36.0 Å². The smallest absolute Gasteiger partial charge is 0.313 e. The molecular weight excluding hydrogens is 433 g/mol. The van der Waals surface area contributed by atoms with Crippen LogP contribution in [0.4, 0.5) is 4.39 Å². The molecule has 0 saturated heterocycles. The zero-order chi connectivity index (χ0) is 23.9. The quantitative estimate of drug-likeness (QED) is 0.458. The molecule has 3 aliphatic rings. The second kappa shape index (κ2) is 7.47. The van der Waals surface area contributed by atoms with Crippen molar-refractivity contribution in [3.05, 3.63) is 61.7 Å². The fourth-order valence-electron chi connectivity index (χ4n) is 6.15. The number of halogens is 1. The van der Waals surface area contributed by atoms with E-state index in [0.29, 0.717) is 35.3 Å². The Balaban J connectivity index is 1.66. The van der Waals surface area contributed by atoms with Crippen LogP contribution in [-0.2, 0) is 29.1 Å². The van der Waals surface area contributed by atoms with Crippen molar-refractivity contribution in [1.29, 1.82) is 0 Å². The van der Waals surface area contributed by atoms with Gasteiger partial charge in [-0.2, -0.15) is 0 Å². The predicted molar refractivity (Wildman–Crippen MR) is 127 cm³/mol. The Morgan fingerprint density at radius 2 is 2.03 bits per heavy atom. The number of nitrogens with one attached hydrogen (secondary N) is 1. The Bertz CT molecular complexity index is 1460. The maximum Gasteiger partial charge on any atom is 0.313 e. The maximum atomic E-state index is 14.9. The van der Waals surface area contributed by atoms with Crippen molar-refractivity contribution in [2.24, 2.45) is 0 Å². The molecule has 2 aliphatic heterocycles. The van der Waals surface area contributed by atoms with E-state index >= 15 is 0 Å². The highest BCUT2D eigenvalue weighted by molar-refractivity contribution is 5.93. The lowest BCUT2D eigenvalue weighted by Gasteiger charge is -2.31. The van der Waals surface area contributed by atoms with Gasteiger partial charge in [0, 0.05) is 29.1 Å². The van der Waals surface area contributed by atoms with Gasteiger partial charge in [0.15, 0.2) is 0 Å². The number of nitrogens with zero attached hydrogens (tertiary/aromatic N) is 2. The number of pyridine rings is 2. The Kier molecular flexibility index (Phi) is 4.72. The summed E-state index contributed by atoms with van der Waals surface area (Å²) in [5.41, 5.74) is 7.11. The third kappa shape index (κ3) is 2.86. The number of benzene rings is 1. The molecule has 1 N–H and O–H groups in total. The second-order valence-corrected chi connectivity index (χ2v) is 10.0. The topological polar surface area (TPSA) is 73.2 Å². The molecule has 2 aromatic heterocycles. The Labute approximate surface area is 197 Å². The van der Waals surface area contributed by atoms with E-state index in [9.17, 15) is 14.0 Å². The number of esters is 1. The molecule has 0 spiro atoms. The molecule has 0 bridgehead atoms. The number of hydrogen-bond donors (Lipinski definition) is 1. The van der Waals surface area contributed by atoms with Gasteiger partial charge in [0.2, 0.25) is 0 Å². The second-order valence-electron chi connectivity index (χ2n) is 10.0. The lowest BCUT2D eigenvalue weighted by molar-refractivity contribution is -0.148. The van der Waals surface area contributed by atoms with Gasteiger partial charge in [-0.15, -0.1) is 0 Å². The SMILES string of the molecule is CCC1C(=O)OCc2c1cc1n(c2=O)Cc2c-1nc1cc(F)c(C)c3c1c2C(NC(C)C)CC3. The van der Waals surface area contributed by atoms with Crippen LogP contribution in [0.15, 0.2) is 16.9 Å². The summed E-state index contributed by atoms with van der Waals surface area (Å²) in [5.74, 6) is -0.986. The zero-order valence-electron chi connectivity index (χ0n) is 19.9. The van der Waals surface area contributed by atoms with Gasteiger partial charge in [0.25, 0.3) is 5.56 Å². The molecule has 7 heteroatoms. The van der Waals surface area contributed by atoms with E-state index in [1.807, 2.05) is 19.9 Å². The molecular formula is C27H28FN3O3. The van der Waals surface area contributed by atoms with Crippen molar-refractivity contribution >= 4 is 16.9 Å². The molecule has 176 valence electrons. The van der Waals surface area contributed by atoms with Crippen LogP contribution in [0.1, 0.15) is 79.0 Å². The van der Waals surface area contributed by atoms with Crippen molar-refractivity contribution in [3.63, 3.8) is 0 Å². The average molecular weight is 462 g/mol. The Hall–Kier alpha value is -3.06. The number of aromatic nitrogens is 2. The van der Waals surface area contributed by atoms with Gasteiger partial charge in [-0.25, -0.2) is 9.37 Å². The first kappa shape index (κ1) is 21.5. The molecule has 6 nitrogen and oxygen atoms in total. The number of aryl methyl sites for hydroxylation is 1. The van der Waals surface area contributed by atoms with Crippen LogP contribution in [0.25, 0.3) is 22.3 Å². The monoisotopic (exact) mass is 461 g/mol. The fraction of sp³-hybridized carbons (Fsp3) is 0.444. The van der Waals surface area contributed by atoms with Crippen LogP contribution in [0, 0.1) is 12.7 Å². The van der Waals surface area contributed by atoms with Crippen molar-refractivity contribution < 1.29 is 13.9 Å². The molecule has 1 aliphatic carbocycles. The normalized spacial score (nSPS) is 20.4. The highest BCUT2D eigenvalue weighted by Crippen LogP contribution is 2.45. The van der Waals surface area contributed by atoms with Crippen LogP contribution in [0.3, 0.4) is 0 Å². The van der Waals surface area contributed by atoms with Crippen molar-refractivity contribution in [2.45, 2.75) is 78.1 Å². The third-order valence-corrected chi connectivity index (χ3v) is 7.73. The van der Waals surface area contributed by atoms with E-state index < -0.39 is 5.92 Å². The number of carbonyl (C=O) groups excluding carboxylic acids is 1. The standard InChI is InChI=1S/C27H28FN3O3/c1-5-14-16-8-22-25-17(10-31(22)26(32)18(16)11-34-27(14)33)24-20(29-12(2)3)7-6-15-13(4)19(28)9-21(30-25)23(15)24/h8-9,12,14,20,29H,5-7,10-11H2,1-4H3. The number of ether oxygens (including phenoxy) is 1. The maximum absolute atomic E-state index is 14.9. The van der Waals surface area contributed by atoms with Crippen LogP contribution in [-0.4, -0.2) is 21.6 Å². The minimum atomic E-state index is -0.452. The zero-order valence-corrected chi connectivity index (χ0v) is 19.9.